The Morgan fingerprint density at radius 1 is 1.32 bits per heavy atom. The molecule has 136 valence electrons. The molecule has 3 rings (SSSR count). The largest absolute Gasteiger partial charge is 0.488 e. The summed E-state index contributed by atoms with van der Waals surface area (Å²) in [5, 5.41) is 3.36. The summed E-state index contributed by atoms with van der Waals surface area (Å²) in [7, 11) is 0. The Kier molecular flexibility index (Phi) is 6.26. The molecule has 1 aliphatic rings. The zero-order chi connectivity index (χ0) is 17.6. The van der Waals surface area contributed by atoms with Crippen LogP contribution in [0.2, 0.25) is 0 Å². The molecule has 25 heavy (non-hydrogen) atoms. The maximum absolute atomic E-state index is 14.1. The highest BCUT2D eigenvalue weighted by Gasteiger charge is 2.19. The molecule has 0 saturated carbocycles. The Labute approximate surface area is 150 Å². The predicted octanol–water partition coefficient (Wildman–Crippen LogP) is 4.17. The molecule has 2 aromatic rings. The van der Waals surface area contributed by atoms with E-state index >= 15 is 0 Å². The molecule has 2 heterocycles. The molecule has 0 aliphatic carbocycles. The first kappa shape index (κ1) is 18.1. The number of aromatic nitrogens is 1. The molecule has 1 aliphatic heterocycles. The van der Waals surface area contributed by atoms with Gasteiger partial charge in [0.05, 0.1) is 12.3 Å². The number of oxazole rings is 1. The summed E-state index contributed by atoms with van der Waals surface area (Å²) in [4.78, 5) is 4.38. The number of ether oxygens (including phenoxy) is 1. The van der Waals surface area contributed by atoms with Gasteiger partial charge >= 0.3 is 0 Å². The van der Waals surface area contributed by atoms with Crippen LogP contribution in [0, 0.1) is 17.6 Å². The minimum Gasteiger partial charge on any atom is -0.488 e. The fourth-order valence-electron chi connectivity index (χ4n) is 2.98. The second kappa shape index (κ2) is 8.63. The molecular formula is C18H21ClF2N2O2. The summed E-state index contributed by atoms with van der Waals surface area (Å²) in [6.45, 7) is 2.17. The number of nitrogens with zero attached hydrogens (tertiary/aromatic N) is 1. The van der Waals surface area contributed by atoms with Gasteiger partial charge in [-0.2, -0.15) is 0 Å². The number of nitrogens with one attached hydrogen (secondary N) is 1. The Bertz CT molecular complexity index is 679. The first-order valence-corrected chi connectivity index (χ1v) is 9.04. The van der Waals surface area contributed by atoms with Crippen LogP contribution in [0.5, 0.6) is 5.75 Å². The minimum absolute atomic E-state index is 0.162. The topological polar surface area (TPSA) is 47.3 Å². The molecule has 0 amide bonds. The highest BCUT2D eigenvalue weighted by molar-refractivity contribution is 6.17. The van der Waals surface area contributed by atoms with Crippen LogP contribution in [-0.4, -0.2) is 30.6 Å². The van der Waals surface area contributed by atoms with E-state index in [-0.39, 0.29) is 18.1 Å². The van der Waals surface area contributed by atoms with Gasteiger partial charge in [0.1, 0.15) is 6.26 Å². The first-order chi connectivity index (χ1) is 12.2. The van der Waals surface area contributed by atoms with Crippen LogP contribution in [0.3, 0.4) is 0 Å². The first-order valence-electron chi connectivity index (χ1n) is 8.50. The fourth-order valence-corrected chi connectivity index (χ4v) is 3.09. The van der Waals surface area contributed by atoms with Crippen LogP contribution in [-0.2, 0) is 6.42 Å². The minimum atomic E-state index is -0.777. The summed E-state index contributed by atoms with van der Waals surface area (Å²) < 4.78 is 38.8. The van der Waals surface area contributed by atoms with Crippen LogP contribution in [0.25, 0.3) is 11.5 Å². The Hall–Kier alpha value is -1.66. The number of benzene rings is 1. The molecule has 1 unspecified atom stereocenters. The molecule has 1 saturated heterocycles. The third-order valence-corrected chi connectivity index (χ3v) is 4.49. The van der Waals surface area contributed by atoms with Crippen molar-refractivity contribution in [2.75, 3.05) is 25.6 Å². The van der Waals surface area contributed by atoms with Crippen molar-refractivity contribution < 1.29 is 17.9 Å². The number of hydrogen-bond acceptors (Lipinski definition) is 4. The maximum atomic E-state index is 14.1. The van der Waals surface area contributed by atoms with Gasteiger partial charge in [-0.3, -0.25) is 0 Å². The van der Waals surface area contributed by atoms with Gasteiger partial charge in [-0.05, 0) is 56.8 Å². The van der Waals surface area contributed by atoms with Crippen molar-refractivity contribution in [1.29, 1.82) is 0 Å². The molecule has 1 fully saturated rings. The quantitative estimate of drug-likeness (QED) is 0.587. The van der Waals surface area contributed by atoms with Crippen molar-refractivity contribution in [3.63, 3.8) is 0 Å². The van der Waals surface area contributed by atoms with Crippen molar-refractivity contribution in [1.82, 2.24) is 10.3 Å². The van der Waals surface area contributed by atoms with Gasteiger partial charge < -0.3 is 14.5 Å². The standard InChI is InChI=1S/C18H21ClF2N2O2/c19-4-2-6-24-17-15(20)8-13(9-16(17)21)18-23-14(11-25-18)7-12-3-1-5-22-10-12/h8-9,11-12,22H,1-7,10H2. The molecule has 1 N–H and O–H groups in total. The molecule has 1 aromatic carbocycles. The highest BCUT2D eigenvalue weighted by Crippen LogP contribution is 2.29. The molecule has 1 aromatic heterocycles. The van der Waals surface area contributed by atoms with Crippen LogP contribution < -0.4 is 10.1 Å². The predicted molar refractivity (Wildman–Crippen MR) is 92.0 cm³/mol. The van der Waals surface area contributed by atoms with E-state index in [0.717, 1.165) is 38.0 Å². The average molecular weight is 371 g/mol. The van der Waals surface area contributed by atoms with E-state index < -0.39 is 17.4 Å². The van der Waals surface area contributed by atoms with Gasteiger partial charge in [0.2, 0.25) is 5.89 Å². The highest BCUT2D eigenvalue weighted by atomic mass is 35.5. The molecule has 0 spiro atoms. The van der Waals surface area contributed by atoms with E-state index in [1.165, 1.54) is 12.1 Å². The van der Waals surface area contributed by atoms with Crippen molar-refractivity contribution in [2.45, 2.75) is 25.7 Å². The number of halogens is 3. The number of alkyl halides is 1. The van der Waals surface area contributed by atoms with E-state index in [2.05, 4.69) is 10.3 Å². The third-order valence-electron chi connectivity index (χ3n) is 4.22. The van der Waals surface area contributed by atoms with E-state index in [0.29, 0.717) is 18.2 Å². The fraction of sp³-hybridized carbons (Fsp3) is 0.500. The van der Waals surface area contributed by atoms with Gasteiger partial charge in [0.25, 0.3) is 0 Å². The lowest BCUT2D eigenvalue weighted by atomic mass is 9.95. The van der Waals surface area contributed by atoms with E-state index in [4.69, 9.17) is 20.8 Å². The zero-order valence-corrected chi connectivity index (χ0v) is 14.6. The second-order valence-electron chi connectivity index (χ2n) is 6.22. The third kappa shape index (κ3) is 4.70. The average Bonchev–Trinajstić information content (AvgIpc) is 3.06. The lowest BCUT2D eigenvalue weighted by molar-refractivity contribution is 0.285. The van der Waals surface area contributed by atoms with Gasteiger partial charge in [0, 0.05) is 11.4 Å². The van der Waals surface area contributed by atoms with Crippen molar-refractivity contribution >= 4 is 11.6 Å². The summed E-state index contributed by atoms with van der Waals surface area (Å²) in [5.41, 5.74) is 1.06. The Balaban J connectivity index is 1.71. The molecule has 7 heteroatoms. The smallest absolute Gasteiger partial charge is 0.226 e. The van der Waals surface area contributed by atoms with Gasteiger partial charge in [-0.1, -0.05) is 0 Å². The summed E-state index contributed by atoms with van der Waals surface area (Å²) >= 11 is 5.53. The second-order valence-corrected chi connectivity index (χ2v) is 6.60. The van der Waals surface area contributed by atoms with Crippen molar-refractivity contribution in [3.05, 3.63) is 35.7 Å². The monoisotopic (exact) mass is 370 g/mol. The number of rotatable bonds is 7. The van der Waals surface area contributed by atoms with Crippen LogP contribution in [0.4, 0.5) is 8.78 Å². The number of piperidine rings is 1. The normalized spacial score (nSPS) is 17.6. The van der Waals surface area contributed by atoms with Crippen LogP contribution in [0.1, 0.15) is 25.0 Å². The Morgan fingerprint density at radius 2 is 2.12 bits per heavy atom. The SMILES string of the molecule is Fc1cc(-c2nc(CC3CCCNC3)co2)cc(F)c1OCCCCl. The summed E-state index contributed by atoms with van der Waals surface area (Å²) in [5.74, 6) is -0.853. The lowest BCUT2D eigenvalue weighted by Gasteiger charge is -2.21. The Morgan fingerprint density at radius 3 is 2.80 bits per heavy atom. The lowest BCUT2D eigenvalue weighted by Crippen LogP contribution is -2.30. The van der Waals surface area contributed by atoms with Crippen molar-refractivity contribution in [3.8, 4) is 17.2 Å². The summed E-state index contributed by atoms with van der Waals surface area (Å²) in [6, 6.07) is 2.35. The number of hydrogen-bond donors (Lipinski definition) is 1. The van der Waals surface area contributed by atoms with E-state index in [1.807, 2.05) is 0 Å². The van der Waals surface area contributed by atoms with Crippen molar-refractivity contribution in [2.24, 2.45) is 5.92 Å². The molecule has 0 bridgehead atoms. The molecule has 0 radical (unpaired) electrons. The van der Waals surface area contributed by atoms with Gasteiger partial charge in [-0.25, -0.2) is 13.8 Å². The molecule has 4 nitrogen and oxygen atoms in total. The van der Waals surface area contributed by atoms with Gasteiger partial charge in [0.15, 0.2) is 17.4 Å². The van der Waals surface area contributed by atoms with E-state index in [1.54, 1.807) is 6.26 Å². The van der Waals surface area contributed by atoms with Crippen LogP contribution >= 0.6 is 11.6 Å². The van der Waals surface area contributed by atoms with E-state index in [9.17, 15) is 8.78 Å². The van der Waals surface area contributed by atoms with Crippen LogP contribution in [0.15, 0.2) is 22.8 Å². The molecule has 1 atom stereocenters. The summed E-state index contributed by atoms with van der Waals surface area (Å²) in [6.07, 6.45) is 5.16. The molecular weight excluding hydrogens is 350 g/mol. The maximum Gasteiger partial charge on any atom is 0.226 e. The van der Waals surface area contributed by atoms with Gasteiger partial charge in [-0.15, -0.1) is 11.6 Å². The zero-order valence-electron chi connectivity index (χ0n) is 13.9.